The van der Waals surface area contributed by atoms with E-state index in [0.717, 1.165) is 5.56 Å². The van der Waals surface area contributed by atoms with E-state index in [2.05, 4.69) is 16.3 Å². The van der Waals surface area contributed by atoms with Crippen molar-refractivity contribution in [3.8, 4) is 6.07 Å². The van der Waals surface area contributed by atoms with Gasteiger partial charge in [0.25, 0.3) is 9.68 Å². The second-order valence-electron chi connectivity index (χ2n) is 3.48. The number of benzene rings is 1. The molecule has 2 aromatic rings. The molecule has 0 saturated heterocycles. The third-order valence-corrected chi connectivity index (χ3v) is 2.65. The minimum atomic E-state index is -1.75. The average Bonchev–Trinajstić information content (AvgIpc) is 2.85. The number of alkyl halides is 3. The molecule has 0 spiro atoms. The molecular formula is C12H6Cl3N3O. The molecule has 0 bridgehead atoms. The van der Waals surface area contributed by atoms with Gasteiger partial charge in [-0.3, -0.25) is 0 Å². The van der Waals surface area contributed by atoms with Crippen LogP contribution in [0.15, 0.2) is 28.7 Å². The summed E-state index contributed by atoms with van der Waals surface area (Å²) in [6.45, 7) is 0. The van der Waals surface area contributed by atoms with E-state index in [-0.39, 0.29) is 11.8 Å². The molecule has 0 N–H and O–H groups in total. The van der Waals surface area contributed by atoms with Crippen LogP contribution in [-0.2, 0) is 3.79 Å². The lowest BCUT2D eigenvalue weighted by molar-refractivity contribution is 0.493. The van der Waals surface area contributed by atoms with E-state index >= 15 is 0 Å². The fraction of sp³-hybridized carbons (Fsp3) is 0.0833. The van der Waals surface area contributed by atoms with Gasteiger partial charge in [0.1, 0.15) is 0 Å². The number of nitriles is 1. The molecule has 1 aromatic heterocycles. The van der Waals surface area contributed by atoms with Gasteiger partial charge in [0, 0.05) is 6.08 Å². The standard InChI is InChI=1S/C12H6Cl3N3O/c13-12(14,15)11-18-17-10(19-11)6-5-8-3-1-2-4-9(8)7-16/h1-6H/b6-5+. The van der Waals surface area contributed by atoms with Gasteiger partial charge < -0.3 is 4.42 Å². The largest absolute Gasteiger partial charge is 0.417 e. The van der Waals surface area contributed by atoms with E-state index in [9.17, 15) is 0 Å². The smallest absolute Gasteiger partial charge is 0.268 e. The average molecular weight is 315 g/mol. The highest BCUT2D eigenvalue weighted by Gasteiger charge is 2.29. The third-order valence-electron chi connectivity index (χ3n) is 2.17. The summed E-state index contributed by atoms with van der Waals surface area (Å²) in [5, 5.41) is 16.3. The van der Waals surface area contributed by atoms with Crippen LogP contribution in [0.5, 0.6) is 0 Å². The Balaban J connectivity index is 2.24. The normalized spacial score (nSPS) is 11.7. The minimum Gasteiger partial charge on any atom is -0.417 e. The van der Waals surface area contributed by atoms with Crippen LogP contribution < -0.4 is 0 Å². The molecule has 0 saturated carbocycles. The quantitative estimate of drug-likeness (QED) is 0.788. The van der Waals surface area contributed by atoms with Gasteiger partial charge in [-0.05, 0) is 17.7 Å². The van der Waals surface area contributed by atoms with Crippen LogP contribution in [0.2, 0.25) is 0 Å². The molecule has 0 aliphatic heterocycles. The van der Waals surface area contributed by atoms with Gasteiger partial charge in [-0.1, -0.05) is 53.0 Å². The molecule has 0 aliphatic rings. The number of hydrogen-bond acceptors (Lipinski definition) is 4. The molecule has 1 heterocycles. The summed E-state index contributed by atoms with van der Waals surface area (Å²) in [5.41, 5.74) is 1.28. The fourth-order valence-electron chi connectivity index (χ4n) is 1.32. The van der Waals surface area contributed by atoms with Gasteiger partial charge in [0.2, 0.25) is 5.89 Å². The van der Waals surface area contributed by atoms with Crippen molar-refractivity contribution in [3.05, 3.63) is 47.2 Å². The van der Waals surface area contributed by atoms with Crippen molar-refractivity contribution < 1.29 is 4.42 Å². The van der Waals surface area contributed by atoms with Crippen molar-refractivity contribution in [2.24, 2.45) is 0 Å². The SMILES string of the molecule is N#Cc1ccccc1/C=C/c1nnc(C(Cl)(Cl)Cl)o1. The van der Waals surface area contributed by atoms with Gasteiger partial charge >= 0.3 is 0 Å². The molecule has 0 amide bonds. The van der Waals surface area contributed by atoms with Crippen LogP contribution in [-0.4, -0.2) is 10.2 Å². The maximum absolute atomic E-state index is 8.94. The summed E-state index contributed by atoms with van der Waals surface area (Å²) < 4.78 is 3.41. The Morgan fingerprint density at radius 1 is 1.16 bits per heavy atom. The highest BCUT2D eigenvalue weighted by Crippen LogP contribution is 2.37. The summed E-state index contributed by atoms with van der Waals surface area (Å²) in [7, 11) is 0. The summed E-state index contributed by atoms with van der Waals surface area (Å²) in [5.74, 6) is 0.0831. The molecule has 19 heavy (non-hydrogen) atoms. The van der Waals surface area contributed by atoms with Crippen LogP contribution in [0, 0.1) is 11.3 Å². The number of nitrogens with zero attached hydrogens (tertiary/aromatic N) is 3. The van der Waals surface area contributed by atoms with Crippen LogP contribution in [0.1, 0.15) is 22.9 Å². The zero-order chi connectivity index (χ0) is 13.9. The van der Waals surface area contributed by atoms with E-state index in [1.807, 2.05) is 6.07 Å². The second kappa shape index (κ2) is 5.62. The molecule has 0 radical (unpaired) electrons. The van der Waals surface area contributed by atoms with Crippen molar-refractivity contribution in [1.82, 2.24) is 10.2 Å². The Morgan fingerprint density at radius 2 is 1.89 bits per heavy atom. The molecule has 2 rings (SSSR count). The Hall–Kier alpha value is -1.54. The van der Waals surface area contributed by atoms with E-state index < -0.39 is 3.79 Å². The van der Waals surface area contributed by atoms with Gasteiger partial charge in [-0.2, -0.15) is 5.26 Å². The molecule has 7 heteroatoms. The molecule has 0 unspecified atom stereocenters. The zero-order valence-corrected chi connectivity index (χ0v) is 11.6. The van der Waals surface area contributed by atoms with Gasteiger partial charge in [0.15, 0.2) is 0 Å². The van der Waals surface area contributed by atoms with E-state index in [0.29, 0.717) is 5.56 Å². The van der Waals surface area contributed by atoms with Gasteiger partial charge in [-0.25, -0.2) is 0 Å². The first kappa shape index (κ1) is 13.9. The lowest BCUT2D eigenvalue weighted by Gasteiger charge is -2.01. The Morgan fingerprint density at radius 3 is 2.53 bits per heavy atom. The van der Waals surface area contributed by atoms with E-state index in [1.165, 1.54) is 0 Å². The zero-order valence-electron chi connectivity index (χ0n) is 9.35. The Labute approximate surface area is 124 Å². The molecule has 0 aliphatic carbocycles. The molecule has 4 nitrogen and oxygen atoms in total. The van der Waals surface area contributed by atoms with Crippen molar-refractivity contribution in [2.75, 3.05) is 0 Å². The number of hydrogen-bond donors (Lipinski definition) is 0. The minimum absolute atomic E-state index is 0.106. The first-order valence-electron chi connectivity index (χ1n) is 5.08. The highest BCUT2D eigenvalue weighted by atomic mass is 35.6. The van der Waals surface area contributed by atoms with Crippen molar-refractivity contribution in [1.29, 1.82) is 5.26 Å². The third kappa shape index (κ3) is 3.48. The summed E-state index contributed by atoms with van der Waals surface area (Å²) in [6, 6.07) is 9.18. The molecule has 96 valence electrons. The van der Waals surface area contributed by atoms with Crippen LogP contribution in [0.4, 0.5) is 0 Å². The Kier molecular flexibility index (Phi) is 4.11. The predicted octanol–water partition coefficient (Wildman–Crippen LogP) is 3.94. The first-order chi connectivity index (χ1) is 9.00. The lowest BCUT2D eigenvalue weighted by atomic mass is 10.1. The highest BCUT2D eigenvalue weighted by molar-refractivity contribution is 6.66. The molecule has 1 aromatic carbocycles. The van der Waals surface area contributed by atoms with Crippen LogP contribution >= 0.6 is 34.8 Å². The van der Waals surface area contributed by atoms with E-state index in [1.54, 1.807) is 30.4 Å². The fourth-order valence-corrected chi connectivity index (χ4v) is 1.55. The predicted molar refractivity (Wildman–Crippen MR) is 73.6 cm³/mol. The second-order valence-corrected chi connectivity index (χ2v) is 5.76. The monoisotopic (exact) mass is 313 g/mol. The van der Waals surface area contributed by atoms with Gasteiger partial charge in [-0.15, -0.1) is 10.2 Å². The van der Waals surface area contributed by atoms with E-state index in [4.69, 9.17) is 44.5 Å². The first-order valence-corrected chi connectivity index (χ1v) is 6.22. The van der Waals surface area contributed by atoms with Crippen molar-refractivity contribution in [3.63, 3.8) is 0 Å². The summed E-state index contributed by atoms with van der Waals surface area (Å²) >= 11 is 16.8. The lowest BCUT2D eigenvalue weighted by Crippen LogP contribution is -1.99. The topological polar surface area (TPSA) is 62.7 Å². The molecule has 0 fully saturated rings. The van der Waals surface area contributed by atoms with Crippen molar-refractivity contribution >= 4 is 47.0 Å². The number of aromatic nitrogens is 2. The molecular weight excluding hydrogens is 309 g/mol. The maximum Gasteiger partial charge on any atom is 0.268 e. The van der Waals surface area contributed by atoms with Gasteiger partial charge in [0.05, 0.1) is 11.6 Å². The van der Waals surface area contributed by atoms with Crippen molar-refractivity contribution in [2.45, 2.75) is 3.79 Å². The number of rotatable bonds is 2. The summed E-state index contributed by atoms with van der Waals surface area (Å²) in [6.07, 6.45) is 3.22. The molecule has 0 atom stereocenters. The van der Waals surface area contributed by atoms with Crippen LogP contribution in [0.25, 0.3) is 12.2 Å². The summed E-state index contributed by atoms with van der Waals surface area (Å²) in [4.78, 5) is 0. The number of halogens is 3. The maximum atomic E-state index is 8.94. The van der Waals surface area contributed by atoms with Crippen LogP contribution in [0.3, 0.4) is 0 Å². The Bertz CT molecular complexity index is 653.